The third-order valence-electron chi connectivity index (χ3n) is 2.54. The number of aliphatic hydroxyl groups is 1. The van der Waals surface area contributed by atoms with Crippen LogP contribution in [0.4, 0.5) is 0 Å². The van der Waals surface area contributed by atoms with Gasteiger partial charge in [0.1, 0.15) is 0 Å². The second kappa shape index (κ2) is 3.12. The molecular formula is C11H14N2O. The van der Waals surface area contributed by atoms with Crippen LogP contribution in [0.2, 0.25) is 0 Å². The molecule has 0 fully saturated rings. The summed E-state index contributed by atoms with van der Waals surface area (Å²) < 4.78 is 0. The molecule has 1 aromatic carbocycles. The molecule has 0 aliphatic heterocycles. The molecule has 3 heteroatoms. The Morgan fingerprint density at radius 3 is 2.93 bits per heavy atom. The lowest BCUT2D eigenvalue weighted by atomic mass is 9.93. The molecule has 2 aromatic rings. The molecule has 0 bridgehead atoms. The predicted octanol–water partition coefficient (Wildman–Crippen LogP) is 1.33. The van der Waals surface area contributed by atoms with Crippen molar-refractivity contribution in [3.05, 3.63) is 36.0 Å². The van der Waals surface area contributed by atoms with Crippen LogP contribution in [0.25, 0.3) is 10.9 Å². The fraction of sp³-hybridized carbons (Fsp3) is 0.273. The third kappa shape index (κ3) is 1.41. The van der Waals surface area contributed by atoms with Crippen molar-refractivity contribution in [2.45, 2.75) is 12.5 Å². The zero-order chi connectivity index (χ0) is 10.2. The second-order valence-electron chi connectivity index (χ2n) is 3.86. The molecule has 0 amide bonds. The minimum Gasteiger partial charge on any atom is -0.394 e. The van der Waals surface area contributed by atoms with Crippen LogP contribution in [0.5, 0.6) is 0 Å². The van der Waals surface area contributed by atoms with Crippen LogP contribution in [-0.2, 0) is 5.54 Å². The average Bonchev–Trinajstić information content (AvgIpc) is 2.64. The molecule has 0 aliphatic rings. The van der Waals surface area contributed by atoms with Gasteiger partial charge in [-0.25, -0.2) is 0 Å². The van der Waals surface area contributed by atoms with Crippen LogP contribution in [0.15, 0.2) is 30.5 Å². The van der Waals surface area contributed by atoms with E-state index >= 15 is 0 Å². The van der Waals surface area contributed by atoms with Crippen LogP contribution in [0.1, 0.15) is 12.5 Å². The zero-order valence-corrected chi connectivity index (χ0v) is 8.12. The standard InChI is InChI=1S/C11H14N2O/c1-11(12,7-14)9-2-3-10-8(6-9)4-5-13-10/h2-6,13-14H,7,12H2,1H3/t11-/m0/s1. The van der Waals surface area contributed by atoms with Gasteiger partial charge < -0.3 is 15.8 Å². The van der Waals surface area contributed by atoms with Crippen molar-refractivity contribution >= 4 is 10.9 Å². The average molecular weight is 190 g/mol. The van der Waals surface area contributed by atoms with Gasteiger partial charge in [-0.3, -0.25) is 0 Å². The number of benzene rings is 1. The second-order valence-corrected chi connectivity index (χ2v) is 3.86. The van der Waals surface area contributed by atoms with Crippen LogP contribution in [0, 0.1) is 0 Å². The van der Waals surface area contributed by atoms with E-state index in [1.807, 2.05) is 37.4 Å². The first kappa shape index (κ1) is 9.24. The Bertz CT molecular complexity index is 445. The van der Waals surface area contributed by atoms with Gasteiger partial charge in [0.05, 0.1) is 12.1 Å². The number of rotatable bonds is 2. The van der Waals surface area contributed by atoms with Gasteiger partial charge >= 0.3 is 0 Å². The number of nitrogens with two attached hydrogens (primary N) is 1. The monoisotopic (exact) mass is 190 g/mol. The molecule has 4 N–H and O–H groups in total. The maximum Gasteiger partial charge on any atom is 0.0650 e. The maximum atomic E-state index is 9.14. The minimum atomic E-state index is -0.661. The number of fused-ring (bicyclic) bond motifs is 1. The molecule has 14 heavy (non-hydrogen) atoms. The van der Waals surface area contributed by atoms with Gasteiger partial charge in [0.25, 0.3) is 0 Å². The topological polar surface area (TPSA) is 62.0 Å². The normalized spacial score (nSPS) is 15.6. The fourth-order valence-corrected chi connectivity index (χ4v) is 1.50. The van der Waals surface area contributed by atoms with Crippen LogP contribution < -0.4 is 5.73 Å². The molecule has 0 saturated heterocycles. The Kier molecular flexibility index (Phi) is 2.06. The Hall–Kier alpha value is -1.32. The van der Waals surface area contributed by atoms with Crippen molar-refractivity contribution in [2.75, 3.05) is 6.61 Å². The lowest BCUT2D eigenvalue weighted by Crippen LogP contribution is -2.36. The maximum absolute atomic E-state index is 9.14. The number of aromatic nitrogens is 1. The number of aromatic amines is 1. The van der Waals surface area contributed by atoms with Crippen molar-refractivity contribution in [1.29, 1.82) is 0 Å². The highest BCUT2D eigenvalue weighted by Crippen LogP contribution is 2.21. The molecule has 0 spiro atoms. The number of aliphatic hydroxyl groups excluding tert-OH is 1. The quantitative estimate of drug-likeness (QED) is 0.669. The molecular weight excluding hydrogens is 176 g/mol. The summed E-state index contributed by atoms with van der Waals surface area (Å²) in [4.78, 5) is 3.11. The fourth-order valence-electron chi connectivity index (χ4n) is 1.50. The summed E-state index contributed by atoms with van der Waals surface area (Å²) in [5, 5.41) is 10.3. The minimum absolute atomic E-state index is 0.0526. The molecule has 0 unspecified atom stereocenters. The summed E-state index contributed by atoms with van der Waals surface area (Å²) >= 11 is 0. The number of hydrogen-bond acceptors (Lipinski definition) is 2. The van der Waals surface area contributed by atoms with Gasteiger partial charge in [-0.05, 0) is 36.1 Å². The first-order chi connectivity index (χ1) is 6.63. The third-order valence-corrected chi connectivity index (χ3v) is 2.54. The largest absolute Gasteiger partial charge is 0.394 e. The Morgan fingerprint density at radius 2 is 2.21 bits per heavy atom. The number of H-pyrrole nitrogens is 1. The van der Waals surface area contributed by atoms with Gasteiger partial charge in [0.15, 0.2) is 0 Å². The van der Waals surface area contributed by atoms with Crippen molar-refractivity contribution in [1.82, 2.24) is 4.98 Å². The Balaban J connectivity index is 2.53. The molecule has 1 atom stereocenters. The van der Waals surface area contributed by atoms with E-state index in [0.717, 1.165) is 16.5 Å². The van der Waals surface area contributed by atoms with E-state index in [4.69, 9.17) is 10.8 Å². The van der Waals surface area contributed by atoms with Gasteiger partial charge in [0, 0.05) is 11.7 Å². The lowest BCUT2D eigenvalue weighted by molar-refractivity contribution is 0.210. The van der Waals surface area contributed by atoms with Crippen LogP contribution in [-0.4, -0.2) is 16.7 Å². The van der Waals surface area contributed by atoms with E-state index in [9.17, 15) is 0 Å². The summed E-state index contributed by atoms with van der Waals surface area (Å²) in [6.07, 6.45) is 1.89. The highest BCUT2D eigenvalue weighted by molar-refractivity contribution is 5.80. The van der Waals surface area contributed by atoms with E-state index in [1.54, 1.807) is 0 Å². The summed E-state index contributed by atoms with van der Waals surface area (Å²) in [6, 6.07) is 7.91. The molecule has 0 radical (unpaired) electrons. The molecule has 1 heterocycles. The van der Waals surface area contributed by atoms with Crippen molar-refractivity contribution < 1.29 is 5.11 Å². The summed E-state index contributed by atoms with van der Waals surface area (Å²) in [7, 11) is 0. The van der Waals surface area contributed by atoms with E-state index in [2.05, 4.69) is 4.98 Å². The van der Waals surface area contributed by atoms with Gasteiger partial charge in [-0.15, -0.1) is 0 Å². The Morgan fingerprint density at radius 1 is 1.43 bits per heavy atom. The first-order valence-electron chi connectivity index (χ1n) is 4.61. The number of nitrogens with one attached hydrogen (secondary N) is 1. The van der Waals surface area contributed by atoms with Crippen LogP contribution in [0.3, 0.4) is 0 Å². The molecule has 0 aliphatic carbocycles. The molecule has 1 aromatic heterocycles. The first-order valence-corrected chi connectivity index (χ1v) is 4.61. The zero-order valence-electron chi connectivity index (χ0n) is 8.12. The van der Waals surface area contributed by atoms with E-state index in [0.29, 0.717) is 0 Å². The smallest absolute Gasteiger partial charge is 0.0650 e. The summed E-state index contributed by atoms with van der Waals surface area (Å²) in [6.45, 7) is 1.77. The predicted molar refractivity (Wildman–Crippen MR) is 56.9 cm³/mol. The molecule has 3 nitrogen and oxygen atoms in total. The number of hydrogen-bond donors (Lipinski definition) is 3. The van der Waals surface area contributed by atoms with Crippen LogP contribution >= 0.6 is 0 Å². The van der Waals surface area contributed by atoms with E-state index in [-0.39, 0.29) is 6.61 Å². The molecule has 2 rings (SSSR count). The van der Waals surface area contributed by atoms with E-state index < -0.39 is 5.54 Å². The molecule has 74 valence electrons. The van der Waals surface area contributed by atoms with Gasteiger partial charge in [0.2, 0.25) is 0 Å². The summed E-state index contributed by atoms with van der Waals surface area (Å²) in [5.41, 5.74) is 7.31. The lowest BCUT2D eigenvalue weighted by Gasteiger charge is -2.22. The van der Waals surface area contributed by atoms with Gasteiger partial charge in [-0.2, -0.15) is 0 Å². The van der Waals surface area contributed by atoms with E-state index in [1.165, 1.54) is 0 Å². The molecule has 0 saturated carbocycles. The highest BCUT2D eigenvalue weighted by Gasteiger charge is 2.19. The van der Waals surface area contributed by atoms with Crippen molar-refractivity contribution in [3.8, 4) is 0 Å². The highest BCUT2D eigenvalue weighted by atomic mass is 16.3. The van der Waals surface area contributed by atoms with Crippen molar-refractivity contribution in [3.63, 3.8) is 0 Å². The Labute approximate surface area is 82.6 Å². The van der Waals surface area contributed by atoms with Crippen molar-refractivity contribution in [2.24, 2.45) is 5.73 Å². The van der Waals surface area contributed by atoms with Gasteiger partial charge in [-0.1, -0.05) is 6.07 Å². The SMILES string of the molecule is C[C@](N)(CO)c1ccc2[nH]ccc2c1. The summed E-state index contributed by atoms with van der Waals surface area (Å²) in [5.74, 6) is 0.